The van der Waals surface area contributed by atoms with E-state index in [1.165, 1.54) is 6.07 Å². The summed E-state index contributed by atoms with van der Waals surface area (Å²) in [6, 6.07) is 4.70. The predicted octanol–water partition coefficient (Wildman–Crippen LogP) is 1.38. The fraction of sp³-hybridized carbons (Fsp3) is 0.571. The van der Waals surface area contributed by atoms with Gasteiger partial charge in [0, 0.05) is 12.5 Å². The van der Waals surface area contributed by atoms with E-state index in [9.17, 15) is 8.42 Å². The predicted molar refractivity (Wildman–Crippen MR) is 74.4 cm³/mol. The minimum absolute atomic E-state index is 0.0166. The molecule has 7 heteroatoms. The Morgan fingerprint density at radius 1 is 1.00 bits per heavy atom. The summed E-state index contributed by atoms with van der Waals surface area (Å²) in [6.07, 6.45) is 0.757. The van der Waals surface area contributed by atoms with Gasteiger partial charge in [-0.1, -0.05) is 0 Å². The molecule has 2 heterocycles. The van der Waals surface area contributed by atoms with Gasteiger partial charge in [-0.15, -0.1) is 0 Å². The van der Waals surface area contributed by atoms with Crippen molar-refractivity contribution in [3.63, 3.8) is 0 Å². The lowest BCUT2D eigenvalue weighted by Crippen LogP contribution is -2.27. The first-order valence-corrected chi connectivity index (χ1v) is 8.66. The molecule has 0 saturated carbocycles. The van der Waals surface area contributed by atoms with E-state index in [0.29, 0.717) is 44.3 Å². The number of benzene rings is 1. The average molecular weight is 314 g/mol. The molecule has 6 nitrogen and oxygen atoms in total. The maximum absolute atomic E-state index is 12.4. The molecule has 21 heavy (non-hydrogen) atoms. The molecule has 116 valence electrons. The van der Waals surface area contributed by atoms with Crippen molar-refractivity contribution in [2.24, 2.45) is 0 Å². The van der Waals surface area contributed by atoms with Crippen LogP contribution in [0.2, 0.25) is 0 Å². The Morgan fingerprint density at radius 3 is 2.48 bits per heavy atom. The van der Waals surface area contributed by atoms with Gasteiger partial charge < -0.3 is 18.9 Å². The summed E-state index contributed by atoms with van der Waals surface area (Å²) < 4.78 is 46.2. The van der Waals surface area contributed by atoms with E-state index < -0.39 is 16.1 Å². The van der Waals surface area contributed by atoms with Gasteiger partial charge in [0.1, 0.15) is 13.2 Å². The maximum Gasteiger partial charge on any atom is 0.178 e. The van der Waals surface area contributed by atoms with E-state index in [2.05, 4.69) is 0 Å². The van der Waals surface area contributed by atoms with Crippen molar-refractivity contribution >= 4 is 9.84 Å². The zero-order valence-electron chi connectivity index (χ0n) is 11.6. The van der Waals surface area contributed by atoms with Gasteiger partial charge in [-0.3, -0.25) is 0 Å². The molecule has 0 N–H and O–H groups in total. The molecule has 0 atom stereocenters. The molecule has 0 aliphatic carbocycles. The van der Waals surface area contributed by atoms with Crippen LogP contribution < -0.4 is 9.47 Å². The van der Waals surface area contributed by atoms with Crippen LogP contribution in [0.4, 0.5) is 0 Å². The Kier molecular flexibility index (Phi) is 4.32. The van der Waals surface area contributed by atoms with Gasteiger partial charge in [-0.2, -0.15) is 0 Å². The van der Waals surface area contributed by atoms with Crippen LogP contribution in [0.25, 0.3) is 0 Å². The van der Waals surface area contributed by atoms with Crippen LogP contribution in [0.5, 0.6) is 11.5 Å². The Bertz CT molecular complexity index is 591. The first-order valence-electron chi connectivity index (χ1n) is 7.01. The van der Waals surface area contributed by atoms with Crippen molar-refractivity contribution in [1.29, 1.82) is 0 Å². The van der Waals surface area contributed by atoms with Crippen LogP contribution in [-0.4, -0.2) is 46.9 Å². The van der Waals surface area contributed by atoms with Crippen LogP contribution in [0.1, 0.15) is 12.8 Å². The second-order valence-corrected chi connectivity index (χ2v) is 7.05. The molecule has 0 radical (unpaired) electrons. The van der Waals surface area contributed by atoms with Crippen molar-refractivity contribution < 1.29 is 27.4 Å². The van der Waals surface area contributed by atoms with Gasteiger partial charge in [-0.05, 0) is 18.6 Å². The van der Waals surface area contributed by atoms with E-state index >= 15 is 0 Å². The fourth-order valence-corrected chi connectivity index (χ4v) is 3.59. The van der Waals surface area contributed by atoms with E-state index in [1.54, 1.807) is 12.1 Å². The Labute approximate surface area is 123 Å². The van der Waals surface area contributed by atoms with Crippen molar-refractivity contribution in [3.8, 4) is 11.5 Å². The molecule has 0 amide bonds. The Morgan fingerprint density at radius 2 is 1.71 bits per heavy atom. The standard InChI is InChI=1S/C14H18O6S/c15-21(16,9-4-14-19-5-1-6-20-14)11-2-3-12-13(10-11)18-8-7-17-12/h2-3,10,14H,1,4-9H2. The van der Waals surface area contributed by atoms with Crippen LogP contribution >= 0.6 is 0 Å². The molecule has 2 aliphatic rings. The molecular formula is C14H18O6S. The first kappa shape index (κ1) is 14.6. The molecule has 0 aromatic heterocycles. The molecular weight excluding hydrogens is 296 g/mol. The molecule has 1 aromatic rings. The highest BCUT2D eigenvalue weighted by Gasteiger charge is 2.22. The third-order valence-corrected chi connectivity index (χ3v) is 5.14. The minimum atomic E-state index is -3.39. The van der Waals surface area contributed by atoms with E-state index in [4.69, 9.17) is 18.9 Å². The van der Waals surface area contributed by atoms with Gasteiger partial charge in [0.05, 0.1) is 23.9 Å². The molecule has 1 fully saturated rings. The summed E-state index contributed by atoms with van der Waals surface area (Å²) in [5.41, 5.74) is 0. The zero-order valence-corrected chi connectivity index (χ0v) is 12.4. The van der Waals surface area contributed by atoms with E-state index in [1.807, 2.05) is 0 Å². The molecule has 1 saturated heterocycles. The van der Waals surface area contributed by atoms with Crippen LogP contribution in [-0.2, 0) is 19.3 Å². The summed E-state index contributed by atoms with van der Waals surface area (Å²) in [5, 5.41) is 0. The second kappa shape index (κ2) is 6.21. The van der Waals surface area contributed by atoms with Crippen molar-refractivity contribution in [3.05, 3.63) is 18.2 Å². The lowest BCUT2D eigenvalue weighted by atomic mass is 10.3. The van der Waals surface area contributed by atoms with Crippen LogP contribution in [0.15, 0.2) is 23.1 Å². The summed E-state index contributed by atoms with van der Waals surface area (Å²) in [5.74, 6) is 1.05. The Balaban J connectivity index is 1.69. The van der Waals surface area contributed by atoms with E-state index in [-0.39, 0.29) is 10.6 Å². The lowest BCUT2D eigenvalue weighted by Gasteiger charge is -2.23. The number of ether oxygens (including phenoxy) is 4. The highest BCUT2D eigenvalue weighted by molar-refractivity contribution is 7.91. The number of fused-ring (bicyclic) bond motifs is 1. The summed E-state index contributed by atoms with van der Waals surface area (Å²) >= 11 is 0. The third kappa shape index (κ3) is 3.48. The average Bonchev–Trinajstić information content (AvgIpc) is 2.53. The number of hydrogen-bond donors (Lipinski definition) is 0. The normalized spacial score (nSPS) is 19.4. The molecule has 0 bridgehead atoms. The highest BCUT2D eigenvalue weighted by Crippen LogP contribution is 2.32. The van der Waals surface area contributed by atoms with Crippen molar-refractivity contribution in [2.75, 3.05) is 32.2 Å². The van der Waals surface area contributed by atoms with E-state index in [0.717, 1.165) is 6.42 Å². The van der Waals surface area contributed by atoms with Crippen molar-refractivity contribution in [1.82, 2.24) is 0 Å². The molecule has 0 spiro atoms. The van der Waals surface area contributed by atoms with Gasteiger partial charge in [0.2, 0.25) is 0 Å². The monoisotopic (exact) mass is 314 g/mol. The van der Waals surface area contributed by atoms with Crippen LogP contribution in [0.3, 0.4) is 0 Å². The molecule has 2 aliphatic heterocycles. The van der Waals surface area contributed by atoms with Gasteiger partial charge >= 0.3 is 0 Å². The lowest BCUT2D eigenvalue weighted by molar-refractivity contribution is -0.178. The minimum Gasteiger partial charge on any atom is -0.486 e. The van der Waals surface area contributed by atoms with Gasteiger partial charge in [0.25, 0.3) is 0 Å². The largest absolute Gasteiger partial charge is 0.486 e. The summed E-state index contributed by atoms with van der Waals surface area (Å²) in [7, 11) is -3.39. The fourth-order valence-electron chi connectivity index (χ4n) is 2.29. The van der Waals surface area contributed by atoms with Gasteiger partial charge in [-0.25, -0.2) is 8.42 Å². The summed E-state index contributed by atoms with van der Waals surface area (Å²) in [6.45, 7) is 2.15. The quantitative estimate of drug-likeness (QED) is 0.836. The number of hydrogen-bond acceptors (Lipinski definition) is 6. The van der Waals surface area contributed by atoms with Crippen LogP contribution in [0, 0.1) is 0 Å². The Hall–Kier alpha value is -1.31. The third-order valence-electron chi connectivity index (χ3n) is 3.39. The smallest absolute Gasteiger partial charge is 0.178 e. The van der Waals surface area contributed by atoms with Crippen molar-refractivity contribution in [2.45, 2.75) is 24.0 Å². The maximum atomic E-state index is 12.4. The highest BCUT2D eigenvalue weighted by atomic mass is 32.2. The van der Waals surface area contributed by atoms with Gasteiger partial charge in [0.15, 0.2) is 27.6 Å². The summed E-state index contributed by atoms with van der Waals surface area (Å²) in [4.78, 5) is 0.238. The molecule has 3 rings (SSSR count). The second-order valence-electron chi connectivity index (χ2n) is 4.94. The molecule has 0 unspecified atom stereocenters. The first-order chi connectivity index (χ1) is 10.1. The SMILES string of the molecule is O=S(=O)(CCC1OCCCO1)c1ccc2c(c1)OCCO2. The zero-order chi connectivity index (χ0) is 14.7. The number of sulfone groups is 1. The molecule has 1 aromatic carbocycles. The number of rotatable bonds is 4. The topological polar surface area (TPSA) is 71.1 Å².